The first-order valence-corrected chi connectivity index (χ1v) is 5.90. The first-order chi connectivity index (χ1) is 10.3. The van der Waals surface area contributed by atoms with E-state index >= 15 is 0 Å². The van der Waals surface area contributed by atoms with E-state index in [-0.39, 0.29) is 16.8 Å². The van der Waals surface area contributed by atoms with Crippen molar-refractivity contribution in [1.82, 2.24) is 4.98 Å². The Kier molecular flexibility index (Phi) is 4.30. The first kappa shape index (κ1) is 15.7. The van der Waals surface area contributed by atoms with Gasteiger partial charge in [0.25, 0.3) is 0 Å². The summed E-state index contributed by atoms with van der Waals surface area (Å²) in [6, 6.07) is 5.76. The second kappa shape index (κ2) is 6.00. The van der Waals surface area contributed by atoms with Crippen LogP contribution in [0.15, 0.2) is 36.5 Å². The third kappa shape index (κ3) is 3.72. The van der Waals surface area contributed by atoms with Crippen LogP contribution in [-0.4, -0.2) is 24.4 Å². The molecule has 2 rings (SSSR count). The van der Waals surface area contributed by atoms with E-state index in [1.54, 1.807) is 0 Å². The number of ether oxygens (including phenoxy) is 2. The lowest BCUT2D eigenvalue weighted by Gasteiger charge is -2.11. The molecule has 0 aliphatic heterocycles. The highest BCUT2D eigenvalue weighted by molar-refractivity contribution is 5.95. The minimum atomic E-state index is -4.86. The molecule has 0 amide bonds. The highest BCUT2D eigenvalue weighted by Crippen LogP contribution is 2.29. The number of hydrogen-bond acceptors (Lipinski definition) is 4. The van der Waals surface area contributed by atoms with Gasteiger partial charge in [-0.3, -0.25) is 0 Å². The Balaban J connectivity index is 2.50. The van der Waals surface area contributed by atoms with Gasteiger partial charge in [-0.15, -0.1) is 13.2 Å². The van der Waals surface area contributed by atoms with E-state index in [1.165, 1.54) is 12.1 Å². The molecule has 0 saturated carbocycles. The molecule has 1 aromatic carbocycles. The maximum absolute atomic E-state index is 13.3. The average molecular weight is 315 g/mol. The van der Waals surface area contributed by atoms with Crippen molar-refractivity contribution in [1.29, 1.82) is 0 Å². The van der Waals surface area contributed by atoms with Crippen LogP contribution in [0.3, 0.4) is 0 Å². The molecule has 0 N–H and O–H groups in total. The number of carbonyl (C=O) groups excluding carboxylic acids is 1. The number of hydrogen-bond donors (Lipinski definition) is 0. The second-order valence-electron chi connectivity index (χ2n) is 4.12. The fraction of sp³-hybridized carbons (Fsp3) is 0.143. The third-order valence-corrected chi connectivity index (χ3v) is 2.61. The predicted octanol–water partition coefficient (Wildman–Crippen LogP) is 3.57. The first-order valence-electron chi connectivity index (χ1n) is 5.90. The van der Waals surface area contributed by atoms with Gasteiger partial charge >= 0.3 is 12.3 Å². The molecule has 0 aliphatic rings. The summed E-state index contributed by atoms with van der Waals surface area (Å²) in [7, 11) is 1.11. The Morgan fingerprint density at radius 1 is 1.23 bits per heavy atom. The normalized spacial score (nSPS) is 11.1. The van der Waals surface area contributed by atoms with Gasteiger partial charge in [-0.1, -0.05) is 12.1 Å². The Morgan fingerprint density at radius 2 is 1.95 bits per heavy atom. The van der Waals surface area contributed by atoms with Crippen LogP contribution in [0.1, 0.15) is 10.5 Å². The predicted molar refractivity (Wildman–Crippen MR) is 67.7 cm³/mol. The summed E-state index contributed by atoms with van der Waals surface area (Å²) >= 11 is 0. The van der Waals surface area contributed by atoms with Crippen molar-refractivity contribution in [2.24, 2.45) is 0 Å². The summed E-state index contributed by atoms with van der Waals surface area (Å²) in [5, 5.41) is 0. The molecule has 1 aromatic heterocycles. The molecule has 0 atom stereocenters. The summed E-state index contributed by atoms with van der Waals surface area (Å²) < 4.78 is 58.3. The van der Waals surface area contributed by atoms with E-state index in [0.29, 0.717) is 0 Å². The standard InChI is InChI=1S/C14H9F4NO3/c1-21-13(20)12-11(6-9(15)7-19-12)8-3-2-4-10(5-8)22-14(16,17)18/h2-7H,1H3. The number of methoxy groups -OCH3 is 1. The smallest absolute Gasteiger partial charge is 0.464 e. The SMILES string of the molecule is COC(=O)c1ncc(F)cc1-c1cccc(OC(F)(F)F)c1. The molecule has 2 aromatic rings. The number of pyridine rings is 1. The van der Waals surface area contributed by atoms with Crippen LogP contribution in [0.25, 0.3) is 11.1 Å². The fourth-order valence-electron chi connectivity index (χ4n) is 1.78. The van der Waals surface area contributed by atoms with Crippen molar-refractivity contribution in [3.05, 3.63) is 48.0 Å². The van der Waals surface area contributed by atoms with Gasteiger partial charge in [-0.2, -0.15) is 0 Å². The molecular weight excluding hydrogens is 306 g/mol. The van der Waals surface area contributed by atoms with E-state index in [1.807, 2.05) is 0 Å². The van der Waals surface area contributed by atoms with Crippen LogP contribution in [0.4, 0.5) is 17.6 Å². The monoisotopic (exact) mass is 315 g/mol. The van der Waals surface area contributed by atoms with Crippen molar-refractivity contribution in [2.45, 2.75) is 6.36 Å². The van der Waals surface area contributed by atoms with Crippen molar-refractivity contribution in [3.8, 4) is 16.9 Å². The Labute approximate surface area is 122 Å². The maximum atomic E-state index is 13.3. The number of esters is 1. The quantitative estimate of drug-likeness (QED) is 0.642. The molecule has 0 saturated heterocycles. The highest BCUT2D eigenvalue weighted by atomic mass is 19.4. The largest absolute Gasteiger partial charge is 0.573 e. The van der Waals surface area contributed by atoms with Crippen molar-refractivity contribution >= 4 is 5.97 Å². The zero-order chi connectivity index (χ0) is 16.3. The van der Waals surface area contributed by atoms with E-state index in [4.69, 9.17) is 0 Å². The maximum Gasteiger partial charge on any atom is 0.573 e. The van der Waals surface area contributed by atoms with Crippen molar-refractivity contribution in [3.63, 3.8) is 0 Å². The Hall–Kier alpha value is -2.64. The number of aromatic nitrogens is 1. The molecule has 0 bridgehead atoms. The minimum Gasteiger partial charge on any atom is -0.464 e. The molecule has 0 aliphatic carbocycles. The van der Waals surface area contributed by atoms with Crippen LogP contribution in [0.2, 0.25) is 0 Å². The van der Waals surface area contributed by atoms with Crippen LogP contribution < -0.4 is 4.74 Å². The molecule has 1 heterocycles. The molecule has 8 heteroatoms. The van der Waals surface area contributed by atoms with Gasteiger partial charge in [0, 0.05) is 5.56 Å². The highest BCUT2D eigenvalue weighted by Gasteiger charge is 2.31. The van der Waals surface area contributed by atoms with Crippen LogP contribution >= 0.6 is 0 Å². The van der Waals surface area contributed by atoms with Crippen LogP contribution in [0.5, 0.6) is 5.75 Å². The summed E-state index contributed by atoms with van der Waals surface area (Å²) in [5.41, 5.74) is -0.0818. The van der Waals surface area contributed by atoms with Crippen LogP contribution in [0, 0.1) is 5.82 Å². The fourth-order valence-corrected chi connectivity index (χ4v) is 1.78. The average Bonchev–Trinajstić information content (AvgIpc) is 2.45. The lowest BCUT2D eigenvalue weighted by Crippen LogP contribution is -2.17. The Morgan fingerprint density at radius 3 is 2.59 bits per heavy atom. The topological polar surface area (TPSA) is 48.4 Å². The minimum absolute atomic E-state index is 0.000487. The molecule has 116 valence electrons. The second-order valence-corrected chi connectivity index (χ2v) is 4.12. The van der Waals surface area contributed by atoms with E-state index in [0.717, 1.165) is 31.5 Å². The number of rotatable bonds is 3. The van der Waals surface area contributed by atoms with E-state index in [2.05, 4.69) is 14.5 Å². The van der Waals surface area contributed by atoms with Gasteiger partial charge in [0.2, 0.25) is 0 Å². The molecule has 0 spiro atoms. The molecular formula is C14H9F4NO3. The number of benzene rings is 1. The van der Waals surface area contributed by atoms with Gasteiger partial charge in [0.1, 0.15) is 11.6 Å². The summed E-state index contributed by atoms with van der Waals surface area (Å²) in [6.45, 7) is 0. The molecule has 0 fully saturated rings. The molecule has 0 radical (unpaired) electrons. The van der Waals surface area contributed by atoms with Gasteiger partial charge < -0.3 is 9.47 Å². The summed E-state index contributed by atoms with van der Waals surface area (Å²) in [4.78, 5) is 15.2. The number of halogens is 4. The molecule has 4 nitrogen and oxygen atoms in total. The third-order valence-electron chi connectivity index (χ3n) is 2.61. The zero-order valence-corrected chi connectivity index (χ0v) is 11.1. The van der Waals surface area contributed by atoms with E-state index < -0.39 is 23.9 Å². The van der Waals surface area contributed by atoms with Gasteiger partial charge in [-0.05, 0) is 23.8 Å². The molecule has 22 heavy (non-hydrogen) atoms. The zero-order valence-electron chi connectivity index (χ0n) is 11.1. The van der Waals surface area contributed by atoms with Gasteiger partial charge in [0.05, 0.1) is 13.3 Å². The van der Waals surface area contributed by atoms with Crippen molar-refractivity contribution in [2.75, 3.05) is 7.11 Å². The lowest BCUT2D eigenvalue weighted by molar-refractivity contribution is -0.274. The number of nitrogens with zero attached hydrogens (tertiary/aromatic N) is 1. The molecule has 0 unspecified atom stereocenters. The lowest BCUT2D eigenvalue weighted by atomic mass is 10.0. The van der Waals surface area contributed by atoms with Gasteiger partial charge in [-0.25, -0.2) is 14.2 Å². The van der Waals surface area contributed by atoms with Crippen molar-refractivity contribution < 1.29 is 31.8 Å². The number of carbonyl (C=O) groups is 1. The number of alkyl halides is 3. The Bertz CT molecular complexity index is 701. The van der Waals surface area contributed by atoms with E-state index in [9.17, 15) is 22.4 Å². The summed E-state index contributed by atoms with van der Waals surface area (Å²) in [6.07, 6.45) is -4.05. The summed E-state index contributed by atoms with van der Waals surface area (Å²) in [5.74, 6) is -2.08. The van der Waals surface area contributed by atoms with Crippen LogP contribution in [-0.2, 0) is 4.74 Å². The van der Waals surface area contributed by atoms with Gasteiger partial charge in [0.15, 0.2) is 5.69 Å².